The smallest absolute Gasteiger partial charge is 0.115 e. The van der Waals surface area contributed by atoms with Crippen molar-refractivity contribution >= 4 is 0 Å². The first kappa shape index (κ1) is 12.1. The molecule has 0 aromatic heterocycles. The number of phenols is 1. The van der Waals surface area contributed by atoms with Crippen LogP contribution in [0.3, 0.4) is 0 Å². The van der Waals surface area contributed by atoms with Gasteiger partial charge in [0.05, 0.1) is 0 Å². The van der Waals surface area contributed by atoms with E-state index in [1.165, 1.54) is 31.2 Å². The topological polar surface area (TPSA) is 20.2 Å². The molecule has 1 aromatic rings. The monoisotopic (exact) mass is 206 g/mol. The highest BCUT2D eigenvalue weighted by Gasteiger charge is 2.07. The lowest BCUT2D eigenvalue weighted by molar-refractivity contribution is 0.445. The van der Waals surface area contributed by atoms with E-state index in [1.807, 2.05) is 12.1 Å². The molecule has 1 unspecified atom stereocenters. The molecule has 1 heteroatoms. The predicted octanol–water partition coefficient (Wildman–Crippen LogP) is 4.15. The lowest BCUT2D eigenvalue weighted by Crippen LogP contribution is -2.03. The Morgan fingerprint density at radius 3 is 2.67 bits per heavy atom. The summed E-state index contributed by atoms with van der Waals surface area (Å²) in [6, 6.07) is 7.65. The molecule has 1 aromatic carbocycles. The van der Waals surface area contributed by atoms with E-state index in [0.717, 1.165) is 12.3 Å². The van der Waals surface area contributed by atoms with Gasteiger partial charge in [0, 0.05) is 0 Å². The summed E-state index contributed by atoms with van der Waals surface area (Å²) in [6.07, 6.45) is 6.23. The van der Waals surface area contributed by atoms with E-state index < -0.39 is 0 Å². The van der Waals surface area contributed by atoms with Crippen LogP contribution in [0.5, 0.6) is 5.75 Å². The van der Waals surface area contributed by atoms with Crippen molar-refractivity contribution in [1.82, 2.24) is 0 Å². The molecular weight excluding hydrogens is 184 g/mol. The molecule has 15 heavy (non-hydrogen) atoms. The zero-order valence-corrected chi connectivity index (χ0v) is 9.87. The second-order valence-electron chi connectivity index (χ2n) is 4.29. The molecular formula is C14H22O. The van der Waals surface area contributed by atoms with Crippen LogP contribution in [0.4, 0.5) is 0 Å². The molecule has 0 bridgehead atoms. The van der Waals surface area contributed by atoms with Gasteiger partial charge >= 0.3 is 0 Å². The molecule has 1 nitrogen and oxygen atoms in total. The Balaban J connectivity index is 2.50. The van der Waals surface area contributed by atoms with E-state index in [0.29, 0.717) is 5.75 Å². The van der Waals surface area contributed by atoms with Crippen molar-refractivity contribution < 1.29 is 5.11 Å². The van der Waals surface area contributed by atoms with Gasteiger partial charge in [-0.3, -0.25) is 0 Å². The maximum atomic E-state index is 9.37. The van der Waals surface area contributed by atoms with E-state index in [4.69, 9.17) is 0 Å². The number of benzene rings is 1. The van der Waals surface area contributed by atoms with Gasteiger partial charge in [-0.25, -0.2) is 0 Å². The van der Waals surface area contributed by atoms with Crippen molar-refractivity contribution in [3.63, 3.8) is 0 Å². The molecule has 0 heterocycles. The van der Waals surface area contributed by atoms with Crippen LogP contribution in [-0.2, 0) is 6.42 Å². The zero-order valence-electron chi connectivity index (χ0n) is 9.87. The molecule has 0 saturated heterocycles. The van der Waals surface area contributed by atoms with E-state index >= 15 is 0 Å². The Hall–Kier alpha value is -0.980. The van der Waals surface area contributed by atoms with Crippen molar-refractivity contribution in [2.75, 3.05) is 0 Å². The summed E-state index contributed by atoms with van der Waals surface area (Å²) < 4.78 is 0. The fourth-order valence-corrected chi connectivity index (χ4v) is 1.96. The first-order chi connectivity index (χ1) is 7.26. The van der Waals surface area contributed by atoms with Gasteiger partial charge in [0.15, 0.2) is 0 Å². The standard InChI is InChI=1S/C14H22O/c1-3-5-7-12(4-2)10-13-8-6-9-14(15)11-13/h6,8-9,11-12,15H,3-5,7,10H2,1-2H3. The van der Waals surface area contributed by atoms with E-state index in [9.17, 15) is 5.11 Å². The van der Waals surface area contributed by atoms with Gasteiger partial charge in [0.2, 0.25) is 0 Å². The Morgan fingerprint density at radius 2 is 2.07 bits per heavy atom. The highest BCUT2D eigenvalue weighted by Crippen LogP contribution is 2.20. The van der Waals surface area contributed by atoms with Crippen LogP contribution in [0.2, 0.25) is 0 Å². The van der Waals surface area contributed by atoms with Crippen molar-refractivity contribution in [2.24, 2.45) is 5.92 Å². The molecule has 0 radical (unpaired) electrons. The van der Waals surface area contributed by atoms with Gasteiger partial charge in [-0.2, -0.15) is 0 Å². The van der Waals surface area contributed by atoms with Crippen LogP contribution in [0.15, 0.2) is 24.3 Å². The van der Waals surface area contributed by atoms with Gasteiger partial charge < -0.3 is 5.11 Å². The predicted molar refractivity (Wildman–Crippen MR) is 65.1 cm³/mol. The molecule has 0 amide bonds. The first-order valence-corrected chi connectivity index (χ1v) is 6.04. The fourth-order valence-electron chi connectivity index (χ4n) is 1.96. The molecule has 0 fully saturated rings. The SMILES string of the molecule is CCCCC(CC)Cc1cccc(O)c1. The Labute approximate surface area is 93.1 Å². The zero-order chi connectivity index (χ0) is 11.1. The molecule has 0 saturated carbocycles. The summed E-state index contributed by atoms with van der Waals surface area (Å²) in [5.74, 6) is 1.16. The number of phenolic OH excluding ortho intramolecular Hbond substituents is 1. The van der Waals surface area contributed by atoms with E-state index in [1.54, 1.807) is 6.07 Å². The maximum absolute atomic E-state index is 9.37. The molecule has 1 atom stereocenters. The average molecular weight is 206 g/mol. The average Bonchev–Trinajstić information content (AvgIpc) is 2.24. The third kappa shape index (κ3) is 4.37. The van der Waals surface area contributed by atoms with Crippen molar-refractivity contribution in [3.8, 4) is 5.75 Å². The highest BCUT2D eigenvalue weighted by molar-refractivity contribution is 5.27. The summed E-state index contributed by atoms with van der Waals surface area (Å²) in [5.41, 5.74) is 1.26. The second-order valence-corrected chi connectivity index (χ2v) is 4.29. The minimum absolute atomic E-state index is 0.387. The number of rotatable bonds is 6. The summed E-state index contributed by atoms with van der Waals surface area (Å²) in [5, 5.41) is 9.37. The van der Waals surface area contributed by atoms with Crippen LogP contribution in [0.25, 0.3) is 0 Å². The summed E-state index contributed by atoms with van der Waals surface area (Å²) in [6.45, 7) is 4.49. The number of unbranched alkanes of at least 4 members (excludes halogenated alkanes) is 1. The number of hydrogen-bond donors (Lipinski definition) is 1. The molecule has 1 N–H and O–H groups in total. The van der Waals surface area contributed by atoms with Crippen LogP contribution in [-0.4, -0.2) is 5.11 Å². The largest absolute Gasteiger partial charge is 0.508 e. The Morgan fingerprint density at radius 1 is 1.27 bits per heavy atom. The van der Waals surface area contributed by atoms with Crippen molar-refractivity contribution in [2.45, 2.75) is 46.0 Å². The van der Waals surface area contributed by atoms with Crippen molar-refractivity contribution in [1.29, 1.82) is 0 Å². The molecule has 84 valence electrons. The van der Waals surface area contributed by atoms with Gasteiger partial charge in [0.25, 0.3) is 0 Å². The van der Waals surface area contributed by atoms with E-state index in [2.05, 4.69) is 19.9 Å². The van der Waals surface area contributed by atoms with Gasteiger partial charge in [0.1, 0.15) is 5.75 Å². The number of aromatic hydroxyl groups is 1. The van der Waals surface area contributed by atoms with Gasteiger partial charge in [-0.1, -0.05) is 51.7 Å². The summed E-state index contributed by atoms with van der Waals surface area (Å²) >= 11 is 0. The first-order valence-electron chi connectivity index (χ1n) is 6.04. The fraction of sp³-hybridized carbons (Fsp3) is 0.571. The maximum Gasteiger partial charge on any atom is 0.115 e. The Bertz CT molecular complexity index is 280. The lowest BCUT2D eigenvalue weighted by Gasteiger charge is -2.14. The van der Waals surface area contributed by atoms with Crippen LogP contribution in [0, 0.1) is 5.92 Å². The minimum Gasteiger partial charge on any atom is -0.508 e. The van der Waals surface area contributed by atoms with Crippen LogP contribution in [0.1, 0.15) is 45.1 Å². The Kier molecular flexibility index (Phi) is 5.23. The highest BCUT2D eigenvalue weighted by atomic mass is 16.3. The molecule has 0 aliphatic rings. The summed E-state index contributed by atoms with van der Waals surface area (Å²) in [7, 11) is 0. The summed E-state index contributed by atoms with van der Waals surface area (Å²) in [4.78, 5) is 0. The molecule has 0 aliphatic heterocycles. The third-order valence-corrected chi connectivity index (χ3v) is 2.98. The van der Waals surface area contributed by atoms with Gasteiger partial charge in [-0.05, 0) is 30.0 Å². The molecule has 0 aliphatic carbocycles. The van der Waals surface area contributed by atoms with Crippen molar-refractivity contribution in [3.05, 3.63) is 29.8 Å². The quantitative estimate of drug-likeness (QED) is 0.741. The minimum atomic E-state index is 0.387. The van der Waals surface area contributed by atoms with Crippen LogP contribution >= 0.6 is 0 Å². The number of hydrogen-bond acceptors (Lipinski definition) is 1. The molecule has 1 rings (SSSR count). The normalized spacial score (nSPS) is 12.7. The van der Waals surface area contributed by atoms with Crippen LogP contribution < -0.4 is 0 Å². The third-order valence-electron chi connectivity index (χ3n) is 2.98. The van der Waals surface area contributed by atoms with Gasteiger partial charge in [-0.15, -0.1) is 0 Å². The molecule has 0 spiro atoms. The lowest BCUT2D eigenvalue weighted by atomic mass is 9.92. The second kappa shape index (κ2) is 6.49. The van der Waals surface area contributed by atoms with E-state index in [-0.39, 0.29) is 0 Å².